The molecule has 0 spiro atoms. The van der Waals surface area contributed by atoms with Crippen molar-refractivity contribution in [1.29, 1.82) is 0 Å². The van der Waals surface area contributed by atoms with Gasteiger partial charge in [-0.05, 0) is 26.0 Å². The van der Waals surface area contributed by atoms with E-state index in [2.05, 4.69) is 24.1 Å². The molecule has 0 aliphatic carbocycles. The van der Waals surface area contributed by atoms with Crippen LogP contribution in [0, 0.1) is 0 Å². The van der Waals surface area contributed by atoms with Crippen LogP contribution in [-0.4, -0.2) is 25.2 Å². The highest BCUT2D eigenvalue weighted by molar-refractivity contribution is 5.79. The van der Waals surface area contributed by atoms with Gasteiger partial charge in [-0.25, -0.2) is 0 Å². The third kappa shape index (κ3) is 2.07. The van der Waals surface area contributed by atoms with E-state index < -0.39 is 0 Å². The molecule has 1 heterocycles. The Morgan fingerprint density at radius 3 is 2.44 bits per heavy atom. The van der Waals surface area contributed by atoms with E-state index in [4.69, 9.17) is 11.5 Å². The number of hydrogen-bond donors (Lipinski definition) is 3. The quantitative estimate of drug-likeness (QED) is 0.619. The Balaban J connectivity index is 2.26. The molecule has 1 aliphatic heterocycles. The number of nitrogens with zero attached hydrogens (tertiary/aromatic N) is 1. The lowest BCUT2D eigenvalue weighted by molar-refractivity contribution is 0.407. The lowest BCUT2D eigenvalue weighted by Crippen LogP contribution is -2.54. The summed E-state index contributed by atoms with van der Waals surface area (Å²) >= 11 is 0. The molecule has 1 aromatic carbocycles. The van der Waals surface area contributed by atoms with E-state index in [1.54, 1.807) is 0 Å². The molecule has 0 radical (unpaired) electrons. The first-order valence-corrected chi connectivity index (χ1v) is 5.73. The van der Waals surface area contributed by atoms with Gasteiger partial charge in [-0.3, -0.25) is 0 Å². The first-order valence-electron chi connectivity index (χ1n) is 5.73. The van der Waals surface area contributed by atoms with Crippen LogP contribution in [0.5, 0.6) is 0 Å². The van der Waals surface area contributed by atoms with Gasteiger partial charge in [0.2, 0.25) is 0 Å². The maximum atomic E-state index is 6.02. The first kappa shape index (κ1) is 11.1. The summed E-state index contributed by atoms with van der Waals surface area (Å²) in [6.07, 6.45) is 0. The Morgan fingerprint density at radius 2 is 1.81 bits per heavy atom. The van der Waals surface area contributed by atoms with Gasteiger partial charge in [0.05, 0.1) is 17.1 Å². The topological polar surface area (TPSA) is 67.3 Å². The van der Waals surface area contributed by atoms with Gasteiger partial charge < -0.3 is 21.7 Å². The maximum Gasteiger partial charge on any atom is 0.0785 e. The van der Waals surface area contributed by atoms with Gasteiger partial charge in [-0.2, -0.15) is 0 Å². The lowest BCUT2D eigenvalue weighted by atomic mass is 10.1. The number of rotatable bonds is 1. The summed E-state index contributed by atoms with van der Waals surface area (Å²) in [5.41, 5.74) is 14.3. The summed E-state index contributed by atoms with van der Waals surface area (Å²) in [7, 11) is 0. The largest absolute Gasteiger partial charge is 0.397 e. The average Bonchev–Trinajstić information content (AvgIpc) is 2.20. The molecule has 1 fully saturated rings. The van der Waals surface area contributed by atoms with Crippen molar-refractivity contribution >= 4 is 17.1 Å². The van der Waals surface area contributed by atoms with Crippen molar-refractivity contribution in [2.24, 2.45) is 0 Å². The lowest BCUT2D eigenvalue weighted by Gasteiger charge is -2.38. The summed E-state index contributed by atoms with van der Waals surface area (Å²) in [6, 6.07) is 6.79. The molecule has 5 N–H and O–H groups in total. The smallest absolute Gasteiger partial charge is 0.0785 e. The van der Waals surface area contributed by atoms with Crippen molar-refractivity contribution < 1.29 is 0 Å². The van der Waals surface area contributed by atoms with Crippen molar-refractivity contribution in [3.05, 3.63) is 18.2 Å². The molecule has 88 valence electrons. The van der Waals surface area contributed by atoms with Crippen molar-refractivity contribution in [2.75, 3.05) is 29.5 Å². The van der Waals surface area contributed by atoms with Crippen molar-refractivity contribution in [3.63, 3.8) is 0 Å². The highest BCUT2D eigenvalue weighted by atomic mass is 15.2. The van der Waals surface area contributed by atoms with Crippen LogP contribution in [0.15, 0.2) is 18.2 Å². The van der Waals surface area contributed by atoms with Gasteiger partial charge in [0, 0.05) is 25.2 Å². The minimum absolute atomic E-state index is 0.476. The molecule has 16 heavy (non-hydrogen) atoms. The molecule has 1 aromatic rings. The summed E-state index contributed by atoms with van der Waals surface area (Å²) in [5.74, 6) is 0. The van der Waals surface area contributed by atoms with Crippen LogP contribution < -0.4 is 21.7 Å². The van der Waals surface area contributed by atoms with Gasteiger partial charge in [-0.1, -0.05) is 6.07 Å². The number of anilines is 3. The predicted molar refractivity (Wildman–Crippen MR) is 69.5 cm³/mol. The highest BCUT2D eigenvalue weighted by Crippen LogP contribution is 2.29. The Kier molecular flexibility index (Phi) is 2.92. The molecule has 0 amide bonds. The van der Waals surface area contributed by atoms with Crippen LogP contribution in [0.1, 0.15) is 13.8 Å². The standard InChI is InChI=1S/C12H20N4/c1-8-6-16(7-9(2)15-8)11-5-3-4-10(13)12(11)14/h3-5,8-9,15H,6-7,13-14H2,1-2H3/t8-,9+. The van der Waals surface area contributed by atoms with Crippen molar-refractivity contribution in [1.82, 2.24) is 5.32 Å². The van der Waals surface area contributed by atoms with E-state index in [1.165, 1.54) is 0 Å². The number of benzene rings is 1. The molecule has 2 rings (SSSR count). The number of para-hydroxylation sites is 1. The molecule has 4 heteroatoms. The Bertz CT molecular complexity index is 367. The summed E-state index contributed by atoms with van der Waals surface area (Å²) in [4.78, 5) is 2.30. The average molecular weight is 220 g/mol. The van der Waals surface area contributed by atoms with Gasteiger partial charge >= 0.3 is 0 Å². The van der Waals surface area contributed by atoms with Gasteiger partial charge in [0.1, 0.15) is 0 Å². The van der Waals surface area contributed by atoms with Gasteiger partial charge in [0.25, 0.3) is 0 Å². The number of nitrogens with one attached hydrogen (secondary N) is 1. The maximum absolute atomic E-state index is 6.02. The molecular formula is C12H20N4. The Morgan fingerprint density at radius 1 is 1.19 bits per heavy atom. The zero-order valence-electron chi connectivity index (χ0n) is 9.90. The summed E-state index contributed by atoms with van der Waals surface area (Å²) in [6.45, 7) is 6.31. The number of piperazine rings is 1. The monoisotopic (exact) mass is 220 g/mol. The Hall–Kier alpha value is -1.42. The van der Waals surface area contributed by atoms with Crippen LogP contribution in [0.25, 0.3) is 0 Å². The molecular weight excluding hydrogens is 200 g/mol. The second-order valence-electron chi connectivity index (χ2n) is 4.65. The summed E-state index contributed by atoms with van der Waals surface area (Å²) < 4.78 is 0. The van der Waals surface area contributed by atoms with Crippen LogP contribution in [0.3, 0.4) is 0 Å². The second kappa shape index (κ2) is 4.22. The van der Waals surface area contributed by atoms with Gasteiger partial charge in [0.15, 0.2) is 0 Å². The van der Waals surface area contributed by atoms with E-state index in [0.717, 1.165) is 18.8 Å². The predicted octanol–water partition coefficient (Wildman–Crippen LogP) is 1.04. The number of hydrogen-bond acceptors (Lipinski definition) is 4. The van der Waals surface area contributed by atoms with E-state index >= 15 is 0 Å². The van der Waals surface area contributed by atoms with Gasteiger partial charge in [-0.15, -0.1) is 0 Å². The fourth-order valence-electron chi connectivity index (χ4n) is 2.37. The summed E-state index contributed by atoms with van der Waals surface area (Å²) in [5, 5.41) is 3.50. The molecule has 4 nitrogen and oxygen atoms in total. The normalized spacial score (nSPS) is 25.8. The molecule has 0 aromatic heterocycles. The molecule has 2 atom stereocenters. The number of nitrogen functional groups attached to an aromatic ring is 2. The third-order valence-electron chi connectivity index (χ3n) is 3.02. The fourth-order valence-corrected chi connectivity index (χ4v) is 2.37. The molecule has 0 unspecified atom stereocenters. The molecule has 0 saturated carbocycles. The van der Waals surface area contributed by atoms with E-state index in [9.17, 15) is 0 Å². The van der Waals surface area contributed by atoms with E-state index in [0.29, 0.717) is 23.5 Å². The van der Waals surface area contributed by atoms with E-state index in [-0.39, 0.29) is 0 Å². The zero-order chi connectivity index (χ0) is 11.7. The van der Waals surface area contributed by atoms with Crippen molar-refractivity contribution in [3.8, 4) is 0 Å². The molecule has 1 aliphatic rings. The molecule has 0 bridgehead atoms. The number of nitrogens with two attached hydrogens (primary N) is 2. The van der Waals surface area contributed by atoms with Crippen molar-refractivity contribution in [2.45, 2.75) is 25.9 Å². The van der Waals surface area contributed by atoms with Crippen LogP contribution in [0.4, 0.5) is 17.1 Å². The first-order chi connectivity index (χ1) is 7.58. The van der Waals surface area contributed by atoms with Crippen LogP contribution in [0.2, 0.25) is 0 Å². The van der Waals surface area contributed by atoms with Crippen LogP contribution >= 0.6 is 0 Å². The van der Waals surface area contributed by atoms with Crippen LogP contribution in [-0.2, 0) is 0 Å². The Labute approximate surface area is 96.6 Å². The molecule has 1 saturated heterocycles. The zero-order valence-corrected chi connectivity index (χ0v) is 9.90. The minimum Gasteiger partial charge on any atom is -0.397 e. The SMILES string of the molecule is C[C@@H]1CN(c2cccc(N)c2N)C[C@H](C)N1. The minimum atomic E-state index is 0.476. The highest BCUT2D eigenvalue weighted by Gasteiger charge is 2.22. The van der Waals surface area contributed by atoms with E-state index in [1.807, 2.05) is 18.2 Å². The second-order valence-corrected chi connectivity index (χ2v) is 4.65. The fraction of sp³-hybridized carbons (Fsp3) is 0.500. The third-order valence-corrected chi connectivity index (χ3v) is 3.02.